The smallest absolute Gasteiger partial charge is 0.251 e. The van der Waals surface area contributed by atoms with Crippen LogP contribution in [0.25, 0.3) is 0 Å². The molecule has 2 fully saturated rings. The number of allylic oxidation sites excluding steroid dienone is 4. The van der Waals surface area contributed by atoms with Gasteiger partial charge in [0.25, 0.3) is 5.91 Å². The van der Waals surface area contributed by atoms with Gasteiger partial charge in [-0.1, -0.05) is 18.7 Å². The van der Waals surface area contributed by atoms with Crippen LogP contribution in [0.15, 0.2) is 60.5 Å². The average molecular weight is 502 g/mol. The standard InChI is InChI=1S/C27H33F2N3O4/c1-3-20(28)10-7-18(2)22-17-24(22)30-25(33)6-4-5-23(27(35)32-13-15-36-16-14-32)31-26(34)19-8-11-21(29)12-9-19/h3,7-12,22-24H,2,4-6,13-17H2,1H3,(H,30,33)(H,31,34)/b10-7-,20-3+/t22-,23-,24?/m0/s1. The normalized spacial score (nSPS) is 20.6. The highest BCUT2D eigenvalue weighted by atomic mass is 19.1. The molecule has 0 radical (unpaired) electrons. The van der Waals surface area contributed by atoms with Crippen LogP contribution in [-0.4, -0.2) is 61.0 Å². The van der Waals surface area contributed by atoms with Gasteiger partial charge in [0, 0.05) is 37.0 Å². The molecule has 3 atom stereocenters. The first-order chi connectivity index (χ1) is 17.3. The molecule has 1 aliphatic carbocycles. The topological polar surface area (TPSA) is 87.7 Å². The molecule has 0 aromatic heterocycles. The van der Waals surface area contributed by atoms with Crippen molar-refractivity contribution < 1.29 is 27.9 Å². The second kappa shape index (κ2) is 13.1. The van der Waals surface area contributed by atoms with Crippen LogP contribution in [0.2, 0.25) is 0 Å². The lowest BCUT2D eigenvalue weighted by molar-refractivity contribution is -0.137. The predicted octanol–water partition coefficient (Wildman–Crippen LogP) is 3.44. The van der Waals surface area contributed by atoms with Crippen LogP contribution in [-0.2, 0) is 14.3 Å². The van der Waals surface area contributed by atoms with Crippen LogP contribution < -0.4 is 10.6 Å². The molecule has 36 heavy (non-hydrogen) atoms. The summed E-state index contributed by atoms with van der Waals surface area (Å²) in [5, 5.41) is 5.70. The Kier molecular flexibility index (Phi) is 9.93. The van der Waals surface area contributed by atoms with Crippen molar-refractivity contribution in [2.45, 2.75) is 44.7 Å². The molecule has 1 saturated carbocycles. The SMILES string of the molecule is C=C(/C=C\C(F)=C/C)[C@@H]1CC1NC(=O)CCC[C@H](NC(=O)c1ccc(F)cc1)C(=O)N1CCOCC1. The Bertz CT molecular complexity index is 1020. The van der Waals surface area contributed by atoms with Crippen molar-refractivity contribution in [3.63, 3.8) is 0 Å². The van der Waals surface area contributed by atoms with E-state index in [1.165, 1.54) is 36.4 Å². The van der Waals surface area contributed by atoms with Gasteiger partial charge < -0.3 is 20.3 Å². The molecule has 2 aliphatic rings. The number of hydrogen-bond acceptors (Lipinski definition) is 4. The molecule has 1 aromatic carbocycles. The van der Waals surface area contributed by atoms with E-state index >= 15 is 0 Å². The number of nitrogens with zero attached hydrogens (tertiary/aromatic N) is 1. The van der Waals surface area contributed by atoms with Gasteiger partial charge in [-0.3, -0.25) is 14.4 Å². The zero-order valence-electron chi connectivity index (χ0n) is 20.5. The third-order valence-electron chi connectivity index (χ3n) is 6.27. The van der Waals surface area contributed by atoms with Crippen molar-refractivity contribution in [1.82, 2.24) is 15.5 Å². The van der Waals surface area contributed by atoms with E-state index in [9.17, 15) is 23.2 Å². The van der Waals surface area contributed by atoms with Crippen LogP contribution in [0.3, 0.4) is 0 Å². The maximum absolute atomic E-state index is 13.2. The Morgan fingerprint density at radius 1 is 1.19 bits per heavy atom. The van der Waals surface area contributed by atoms with Gasteiger partial charge in [-0.15, -0.1) is 0 Å². The molecule has 7 nitrogen and oxygen atoms in total. The first kappa shape index (κ1) is 27.3. The van der Waals surface area contributed by atoms with Crippen LogP contribution >= 0.6 is 0 Å². The van der Waals surface area contributed by atoms with Gasteiger partial charge in [0.2, 0.25) is 11.8 Å². The van der Waals surface area contributed by atoms with Gasteiger partial charge in [-0.05, 0) is 62.1 Å². The molecule has 1 saturated heterocycles. The van der Waals surface area contributed by atoms with E-state index in [-0.39, 0.29) is 48.0 Å². The zero-order valence-corrected chi connectivity index (χ0v) is 20.5. The number of halogens is 2. The predicted molar refractivity (Wildman–Crippen MR) is 132 cm³/mol. The van der Waals surface area contributed by atoms with Gasteiger partial charge in [-0.25, -0.2) is 8.78 Å². The number of morpholine rings is 1. The fraction of sp³-hybridized carbons (Fsp3) is 0.444. The summed E-state index contributed by atoms with van der Waals surface area (Å²) in [6.45, 7) is 7.27. The minimum absolute atomic E-state index is 0.0349. The lowest BCUT2D eigenvalue weighted by atomic mass is 10.1. The summed E-state index contributed by atoms with van der Waals surface area (Å²) in [7, 11) is 0. The van der Waals surface area contributed by atoms with Gasteiger partial charge in [-0.2, -0.15) is 0 Å². The first-order valence-corrected chi connectivity index (χ1v) is 12.2. The molecule has 0 spiro atoms. The van der Waals surface area contributed by atoms with E-state index in [4.69, 9.17) is 4.74 Å². The van der Waals surface area contributed by atoms with E-state index < -0.39 is 17.8 Å². The van der Waals surface area contributed by atoms with Crippen LogP contribution in [0.4, 0.5) is 8.78 Å². The second-order valence-corrected chi connectivity index (χ2v) is 8.96. The molecule has 1 aliphatic heterocycles. The van der Waals surface area contributed by atoms with Crippen LogP contribution in [0, 0.1) is 11.7 Å². The number of rotatable bonds is 11. The zero-order chi connectivity index (χ0) is 26.1. The number of hydrogen-bond donors (Lipinski definition) is 2. The Morgan fingerprint density at radius 2 is 1.89 bits per heavy atom. The minimum Gasteiger partial charge on any atom is -0.378 e. The van der Waals surface area contributed by atoms with E-state index in [0.29, 0.717) is 32.7 Å². The van der Waals surface area contributed by atoms with E-state index in [0.717, 1.165) is 12.0 Å². The monoisotopic (exact) mass is 501 g/mol. The number of amides is 3. The molecule has 2 N–H and O–H groups in total. The third kappa shape index (κ3) is 8.12. The summed E-state index contributed by atoms with van der Waals surface area (Å²) in [5.74, 6) is -1.58. The van der Waals surface area contributed by atoms with Crippen molar-refractivity contribution in [2.24, 2.45) is 5.92 Å². The number of carbonyl (C=O) groups excluding carboxylic acids is 3. The molecule has 1 heterocycles. The maximum atomic E-state index is 13.2. The number of carbonyl (C=O) groups is 3. The highest BCUT2D eigenvalue weighted by Crippen LogP contribution is 2.37. The summed E-state index contributed by atoms with van der Waals surface area (Å²) >= 11 is 0. The molecule has 194 valence electrons. The van der Waals surface area contributed by atoms with E-state index in [2.05, 4.69) is 17.2 Å². The number of benzene rings is 1. The van der Waals surface area contributed by atoms with Crippen molar-refractivity contribution in [1.29, 1.82) is 0 Å². The molecule has 3 rings (SSSR count). The molecular weight excluding hydrogens is 468 g/mol. The van der Waals surface area contributed by atoms with Gasteiger partial charge in [0.05, 0.1) is 13.2 Å². The van der Waals surface area contributed by atoms with Gasteiger partial charge in [0.15, 0.2) is 0 Å². The summed E-state index contributed by atoms with van der Waals surface area (Å²) in [5.41, 5.74) is 1.01. The third-order valence-corrected chi connectivity index (χ3v) is 6.27. The Labute approximate surface area is 210 Å². The fourth-order valence-corrected chi connectivity index (χ4v) is 4.02. The lowest BCUT2D eigenvalue weighted by Gasteiger charge is -2.30. The maximum Gasteiger partial charge on any atom is 0.251 e. The number of ether oxygens (including phenoxy) is 1. The van der Waals surface area contributed by atoms with E-state index in [1.54, 1.807) is 17.9 Å². The first-order valence-electron chi connectivity index (χ1n) is 12.2. The summed E-state index contributed by atoms with van der Waals surface area (Å²) in [6.07, 6.45) is 5.94. The molecule has 9 heteroatoms. The van der Waals surface area contributed by atoms with Crippen molar-refractivity contribution in [3.05, 3.63) is 71.9 Å². The molecule has 1 aromatic rings. The lowest BCUT2D eigenvalue weighted by Crippen LogP contribution is -2.51. The molecule has 3 amide bonds. The van der Waals surface area contributed by atoms with Crippen molar-refractivity contribution in [2.75, 3.05) is 26.3 Å². The van der Waals surface area contributed by atoms with Gasteiger partial charge >= 0.3 is 0 Å². The van der Waals surface area contributed by atoms with Crippen molar-refractivity contribution >= 4 is 17.7 Å². The number of nitrogens with one attached hydrogen (secondary N) is 2. The quantitative estimate of drug-likeness (QED) is 0.455. The summed E-state index contributed by atoms with van der Waals surface area (Å²) in [4.78, 5) is 39.8. The van der Waals surface area contributed by atoms with Crippen LogP contribution in [0.5, 0.6) is 0 Å². The van der Waals surface area contributed by atoms with Gasteiger partial charge in [0.1, 0.15) is 17.7 Å². The Balaban J connectivity index is 1.50. The average Bonchev–Trinajstić information content (AvgIpc) is 3.65. The molecule has 0 bridgehead atoms. The Morgan fingerprint density at radius 3 is 2.56 bits per heavy atom. The minimum atomic E-state index is -0.812. The summed E-state index contributed by atoms with van der Waals surface area (Å²) in [6, 6.07) is 4.24. The fourth-order valence-electron chi connectivity index (χ4n) is 4.02. The molecule has 1 unspecified atom stereocenters. The highest BCUT2D eigenvalue weighted by molar-refractivity contribution is 5.97. The Hall–Kier alpha value is -3.33. The molecular formula is C27H33F2N3O4. The summed E-state index contributed by atoms with van der Waals surface area (Å²) < 4.78 is 31.8. The largest absolute Gasteiger partial charge is 0.378 e. The highest BCUT2D eigenvalue weighted by Gasteiger charge is 2.39. The second-order valence-electron chi connectivity index (χ2n) is 8.96. The van der Waals surface area contributed by atoms with E-state index in [1.807, 2.05) is 0 Å². The van der Waals surface area contributed by atoms with Crippen molar-refractivity contribution in [3.8, 4) is 0 Å². The van der Waals surface area contributed by atoms with Crippen LogP contribution in [0.1, 0.15) is 43.0 Å².